The van der Waals surface area contributed by atoms with Crippen LogP contribution in [0.4, 0.5) is 0 Å². The second kappa shape index (κ2) is 17.3. The minimum Gasteiger partial charge on any atom is -0.386 e. The van der Waals surface area contributed by atoms with Crippen LogP contribution in [0.25, 0.3) is 0 Å². The minimum absolute atomic E-state index is 0.0151. The Labute approximate surface area is 192 Å². The van der Waals surface area contributed by atoms with Gasteiger partial charge in [0.25, 0.3) is 0 Å². The number of hydrogen-bond donors (Lipinski definition) is 3. The van der Waals surface area contributed by atoms with Crippen molar-refractivity contribution in [3.05, 3.63) is 30.3 Å². The lowest BCUT2D eigenvalue weighted by atomic mass is 9.91. The van der Waals surface area contributed by atoms with Gasteiger partial charge in [-0.1, -0.05) is 39.0 Å². The molecule has 0 amide bonds. The molecule has 0 saturated heterocycles. The largest absolute Gasteiger partial charge is 0.386 e. The van der Waals surface area contributed by atoms with Gasteiger partial charge in [-0.25, -0.2) is 0 Å². The number of carbonyl (C=O) groups is 1. The van der Waals surface area contributed by atoms with Crippen LogP contribution in [0, 0.1) is 30.3 Å². The zero-order valence-electron chi connectivity index (χ0n) is 19.1. The van der Waals surface area contributed by atoms with Crippen LogP contribution >= 0.6 is 0 Å². The van der Waals surface area contributed by atoms with Gasteiger partial charge in [0, 0.05) is 34.0 Å². The monoisotopic (exact) mass is 479 g/mol. The van der Waals surface area contributed by atoms with Crippen molar-refractivity contribution >= 4 is 6.29 Å². The molecule has 0 fully saturated rings. The van der Waals surface area contributed by atoms with E-state index in [4.69, 9.17) is 0 Å². The number of carbonyl (C=O) groups excluding carboxylic acids is 1. The first-order chi connectivity index (χ1) is 15.6. The molecule has 0 aromatic carbocycles. The van der Waals surface area contributed by atoms with E-state index in [1.165, 1.54) is 0 Å². The number of rotatable bonds is 21. The summed E-state index contributed by atoms with van der Waals surface area (Å²) >= 11 is 0. The molecule has 0 aliphatic carbocycles. The third-order valence-electron chi connectivity index (χ3n) is 5.79. The maximum absolute atomic E-state index is 11.5. The van der Waals surface area contributed by atoms with Crippen molar-refractivity contribution in [2.45, 2.75) is 120 Å². The molecule has 192 valence electrons. The van der Waals surface area contributed by atoms with E-state index < -0.39 is 64.0 Å². The van der Waals surface area contributed by atoms with Crippen LogP contribution in [-0.2, 0) is 4.79 Å². The molecule has 6 unspecified atom stereocenters. The Morgan fingerprint density at radius 2 is 1.15 bits per heavy atom. The standard InChI is InChI=1S/C20H37N3O10/c1-2-3-7-11-18(25)16(22(30)31)13-17(23(32)33)20(27)14-19(26)15(21(28)29)10-8-5-4-6-9-12-24/h12,15-20,25-27H,2-11,13-14H2,1H3. The van der Waals surface area contributed by atoms with Crippen LogP contribution in [0.2, 0.25) is 0 Å². The summed E-state index contributed by atoms with van der Waals surface area (Å²) in [6.07, 6.45) is -0.802. The normalized spacial score (nSPS) is 16.8. The third kappa shape index (κ3) is 12.5. The van der Waals surface area contributed by atoms with Crippen molar-refractivity contribution in [3.8, 4) is 0 Å². The van der Waals surface area contributed by atoms with Gasteiger partial charge in [0.05, 0.1) is 6.42 Å². The smallest absolute Gasteiger partial charge is 0.245 e. The quantitative estimate of drug-likeness (QED) is 0.0942. The van der Waals surface area contributed by atoms with Crippen molar-refractivity contribution in [1.29, 1.82) is 0 Å². The lowest BCUT2D eigenvalue weighted by Gasteiger charge is -2.23. The molecule has 13 heteroatoms. The van der Waals surface area contributed by atoms with Gasteiger partial charge in [-0.15, -0.1) is 0 Å². The van der Waals surface area contributed by atoms with E-state index >= 15 is 0 Å². The average molecular weight is 480 g/mol. The molecular formula is C20H37N3O10. The molecule has 0 aromatic rings. The predicted molar refractivity (Wildman–Crippen MR) is 118 cm³/mol. The highest BCUT2D eigenvalue weighted by molar-refractivity contribution is 5.48. The van der Waals surface area contributed by atoms with Crippen LogP contribution in [0.3, 0.4) is 0 Å². The highest BCUT2D eigenvalue weighted by atomic mass is 16.6. The molecule has 0 saturated carbocycles. The Morgan fingerprint density at radius 3 is 1.67 bits per heavy atom. The van der Waals surface area contributed by atoms with E-state index in [2.05, 4.69) is 0 Å². The Morgan fingerprint density at radius 1 is 0.667 bits per heavy atom. The Balaban J connectivity index is 5.05. The van der Waals surface area contributed by atoms with E-state index in [-0.39, 0.29) is 12.8 Å². The number of aliphatic hydroxyl groups is 3. The maximum atomic E-state index is 11.5. The summed E-state index contributed by atoms with van der Waals surface area (Å²) in [5, 5.41) is 64.9. The molecule has 0 bridgehead atoms. The summed E-state index contributed by atoms with van der Waals surface area (Å²) in [4.78, 5) is 42.0. The van der Waals surface area contributed by atoms with Gasteiger partial charge in [0.2, 0.25) is 18.1 Å². The first-order valence-electron chi connectivity index (χ1n) is 11.4. The molecule has 13 nitrogen and oxygen atoms in total. The summed E-state index contributed by atoms with van der Waals surface area (Å²) in [6, 6.07) is -5.00. The van der Waals surface area contributed by atoms with E-state index in [0.29, 0.717) is 38.5 Å². The molecule has 3 N–H and O–H groups in total. The fourth-order valence-corrected chi connectivity index (χ4v) is 3.75. The van der Waals surface area contributed by atoms with Crippen molar-refractivity contribution < 1.29 is 34.9 Å². The fourth-order valence-electron chi connectivity index (χ4n) is 3.75. The topological polar surface area (TPSA) is 207 Å². The maximum Gasteiger partial charge on any atom is 0.245 e. The van der Waals surface area contributed by atoms with Crippen LogP contribution in [0.1, 0.15) is 84.0 Å². The fraction of sp³-hybridized carbons (Fsp3) is 0.950. The van der Waals surface area contributed by atoms with Gasteiger partial charge >= 0.3 is 0 Å². The van der Waals surface area contributed by atoms with Crippen molar-refractivity contribution in [3.63, 3.8) is 0 Å². The number of nitro groups is 3. The summed E-state index contributed by atoms with van der Waals surface area (Å²) in [6.45, 7) is 1.91. The number of unbranched alkanes of at least 4 members (excludes halogenated alkanes) is 6. The predicted octanol–water partition coefficient (Wildman–Crippen LogP) is 1.91. The van der Waals surface area contributed by atoms with E-state index in [1.807, 2.05) is 6.92 Å². The van der Waals surface area contributed by atoms with Gasteiger partial charge in [-0.2, -0.15) is 0 Å². The molecule has 0 spiro atoms. The summed E-state index contributed by atoms with van der Waals surface area (Å²) < 4.78 is 0. The molecule has 0 aromatic heterocycles. The van der Waals surface area contributed by atoms with Crippen molar-refractivity contribution in [1.82, 2.24) is 0 Å². The first-order valence-corrected chi connectivity index (χ1v) is 11.4. The van der Waals surface area contributed by atoms with E-state index in [9.17, 15) is 50.5 Å². The molecule has 6 atom stereocenters. The number of nitrogens with zero attached hydrogens (tertiary/aromatic N) is 3. The van der Waals surface area contributed by atoms with Gasteiger partial charge in [-0.3, -0.25) is 30.3 Å². The number of aliphatic hydroxyl groups excluding tert-OH is 3. The second-order valence-electron chi connectivity index (χ2n) is 8.39. The zero-order chi connectivity index (χ0) is 25.4. The number of hydrogen-bond acceptors (Lipinski definition) is 10. The van der Waals surface area contributed by atoms with Gasteiger partial charge in [0.1, 0.15) is 24.6 Å². The highest BCUT2D eigenvalue weighted by Crippen LogP contribution is 2.21. The molecular weight excluding hydrogens is 442 g/mol. The average Bonchev–Trinajstić information content (AvgIpc) is 2.72. The van der Waals surface area contributed by atoms with Gasteiger partial charge in [-0.05, 0) is 19.3 Å². The van der Waals surface area contributed by atoms with Gasteiger partial charge < -0.3 is 20.1 Å². The van der Waals surface area contributed by atoms with E-state index in [1.54, 1.807) is 0 Å². The molecule has 0 aliphatic heterocycles. The lowest BCUT2D eigenvalue weighted by molar-refractivity contribution is -0.574. The second-order valence-corrected chi connectivity index (χ2v) is 8.39. The van der Waals surface area contributed by atoms with Crippen LogP contribution in [-0.4, -0.2) is 72.8 Å². The Kier molecular flexibility index (Phi) is 16.1. The van der Waals surface area contributed by atoms with Crippen molar-refractivity contribution in [2.75, 3.05) is 0 Å². The van der Waals surface area contributed by atoms with Crippen molar-refractivity contribution in [2.24, 2.45) is 0 Å². The summed E-state index contributed by atoms with van der Waals surface area (Å²) in [5.74, 6) is 0. The third-order valence-corrected chi connectivity index (χ3v) is 5.79. The van der Waals surface area contributed by atoms with E-state index in [0.717, 1.165) is 19.1 Å². The Bertz CT molecular complexity index is 607. The first kappa shape index (κ1) is 30.8. The van der Waals surface area contributed by atoms with Crippen LogP contribution in [0.15, 0.2) is 0 Å². The molecule has 0 aliphatic rings. The van der Waals surface area contributed by atoms with Crippen LogP contribution in [0.5, 0.6) is 0 Å². The minimum atomic E-state index is -1.87. The van der Waals surface area contributed by atoms with Gasteiger partial charge in [0.15, 0.2) is 0 Å². The molecule has 33 heavy (non-hydrogen) atoms. The zero-order valence-corrected chi connectivity index (χ0v) is 19.1. The lowest BCUT2D eigenvalue weighted by Crippen LogP contribution is -2.46. The summed E-state index contributed by atoms with van der Waals surface area (Å²) in [7, 11) is 0. The highest BCUT2D eigenvalue weighted by Gasteiger charge is 2.43. The summed E-state index contributed by atoms with van der Waals surface area (Å²) in [5.41, 5.74) is 0. The molecule has 0 heterocycles. The Hall–Kier alpha value is -2.25. The molecule has 0 rings (SSSR count). The van der Waals surface area contributed by atoms with Crippen LogP contribution < -0.4 is 0 Å². The molecule has 0 radical (unpaired) electrons. The number of aldehydes is 1. The SMILES string of the molecule is CCCCCC(O)C(CC(C(O)CC(O)C(CCCCCCC=O)[N+](=O)[O-])[N+](=O)[O-])[N+](=O)[O-].